The van der Waals surface area contributed by atoms with Gasteiger partial charge in [0.15, 0.2) is 12.4 Å². The SMILES string of the molecule is Cc1nc(CNC(=O)COc2ccccc2C(N)=S)no1. The van der Waals surface area contributed by atoms with Crippen molar-refractivity contribution in [1.82, 2.24) is 15.5 Å². The van der Waals surface area contributed by atoms with Crippen LogP contribution in [0.5, 0.6) is 5.75 Å². The molecule has 0 saturated heterocycles. The monoisotopic (exact) mass is 306 g/mol. The van der Waals surface area contributed by atoms with E-state index in [1.54, 1.807) is 31.2 Å². The number of rotatable bonds is 6. The summed E-state index contributed by atoms with van der Waals surface area (Å²) < 4.78 is 10.2. The zero-order valence-corrected chi connectivity index (χ0v) is 12.1. The average molecular weight is 306 g/mol. The molecule has 1 aromatic heterocycles. The third-order valence-electron chi connectivity index (χ3n) is 2.52. The van der Waals surface area contributed by atoms with Crippen molar-refractivity contribution in [3.05, 3.63) is 41.5 Å². The number of carbonyl (C=O) groups is 1. The zero-order valence-electron chi connectivity index (χ0n) is 11.3. The summed E-state index contributed by atoms with van der Waals surface area (Å²) in [5.41, 5.74) is 6.17. The van der Waals surface area contributed by atoms with Gasteiger partial charge in [-0.05, 0) is 12.1 Å². The number of hydrogen-bond donors (Lipinski definition) is 2. The lowest BCUT2D eigenvalue weighted by Crippen LogP contribution is -2.29. The molecule has 0 radical (unpaired) electrons. The molecule has 0 atom stereocenters. The molecule has 3 N–H and O–H groups in total. The van der Waals surface area contributed by atoms with E-state index in [1.807, 2.05) is 0 Å². The van der Waals surface area contributed by atoms with Crippen LogP contribution >= 0.6 is 12.2 Å². The topological polar surface area (TPSA) is 103 Å². The maximum Gasteiger partial charge on any atom is 0.258 e. The second-order valence-corrected chi connectivity index (χ2v) is 4.60. The summed E-state index contributed by atoms with van der Waals surface area (Å²) in [6.45, 7) is 1.70. The third-order valence-corrected chi connectivity index (χ3v) is 2.74. The third kappa shape index (κ3) is 4.25. The number of ether oxygens (including phenoxy) is 1. The number of nitrogens with one attached hydrogen (secondary N) is 1. The first-order chi connectivity index (χ1) is 10.1. The maximum absolute atomic E-state index is 11.7. The molecule has 0 aliphatic carbocycles. The molecule has 110 valence electrons. The van der Waals surface area contributed by atoms with Crippen molar-refractivity contribution in [2.45, 2.75) is 13.5 Å². The van der Waals surface area contributed by atoms with E-state index in [9.17, 15) is 4.79 Å². The van der Waals surface area contributed by atoms with Gasteiger partial charge in [-0.2, -0.15) is 4.98 Å². The lowest BCUT2D eigenvalue weighted by molar-refractivity contribution is -0.123. The van der Waals surface area contributed by atoms with Crippen LogP contribution in [0.3, 0.4) is 0 Å². The first-order valence-electron chi connectivity index (χ1n) is 6.14. The van der Waals surface area contributed by atoms with E-state index in [0.29, 0.717) is 23.0 Å². The minimum Gasteiger partial charge on any atom is -0.483 e. The van der Waals surface area contributed by atoms with Crippen molar-refractivity contribution < 1.29 is 14.1 Å². The van der Waals surface area contributed by atoms with Crippen LogP contribution in [0.25, 0.3) is 0 Å². The van der Waals surface area contributed by atoms with E-state index >= 15 is 0 Å². The summed E-state index contributed by atoms with van der Waals surface area (Å²) in [4.78, 5) is 15.9. The zero-order chi connectivity index (χ0) is 15.2. The predicted molar refractivity (Wildman–Crippen MR) is 78.7 cm³/mol. The van der Waals surface area contributed by atoms with E-state index in [2.05, 4.69) is 15.5 Å². The summed E-state index contributed by atoms with van der Waals surface area (Å²) in [6, 6.07) is 7.00. The fourth-order valence-electron chi connectivity index (χ4n) is 1.58. The average Bonchev–Trinajstić information content (AvgIpc) is 2.88. The Bertz CT molecular complexity index is 656. The Hall–Kier alpha value is -2.48. The highest BCUT2D eigenvalue weighted by atomic mass is 32.1. The van der Waals surface area contributed by atoms with E-state index in [0.717, 1.165) is 0 Å². The van der Waals surface area contributed by atoms with Crippen LogP contribution in [0.1, 0.15) is 17.3 Å². The molecule has 21 heavy (non-hydrogen) atoms. The Kier molecular flexibility index (Phi) is 4.83. The standard InChI is InChI=1S/C13H14N4O3S/c1-8-16-11(17-20-8)6-15-12(18)7-19-10-5-3-2-4-9(10)13(14)21/h2-5H,6-7H2,1H3,(H2,14,21)(H,15,18). The molecule has 0 fully saturated rings. The second-order valence-electron chi connectivity index (χ2n) is 4.16. The van der Waals surface area contributed by atoms with Gasteiger partial charge in [0.2, 0.25) is 5.89 Å². The second kappa shape index (κ2) is 6.80. The molecule has 7 nitrogen and oxygen atoms in total. The lowest BCUT2D eigenvalue weighted by Gasteiger charge is -2.10. The van der Waals surface area contributed by atoms with Crippen LogP contribution in [-0.2, 0) is 11.3 Å². The largest absolute Gasteiger partial charge is 0.483 e. The maximum atomic E-state index is 11.7. The van der Waals surface area contributed by atoms with Crippen molar-refractivity contribution in [1.29, 1.82) is 0 Å². The fraction of sp³-hybridized carbons (Fsp3) is 0.231. The molecule has 0 saturated carbocycles. The van der Waals surface area contributed by atoms with Crippen LogP contribution in [0.15, 0.2) is 28.8 Å². The first kappa shape index (κ1) is 14.9. The van der Waals surface area contributed by atoms with Crippen molar-refractivity contribution in [3.63, 3.8) is 0 Å². The molecule has 1 aromatic carbocycles. The number of benzene rings is 1. The molecule has 0 unspecified atom stereocenters. The molecule has 0 bridgehead atoms. The summed E-state index contributed by atoms with van der Waals surface area (Å²) >= 11 is 4.92. The van der Waals surface area contributed by atoms with Crippen LogP contribution in [0.4, 0.5) is 0 Å². The van der Waals surface area contributed by atoms with E-state index < -0.39 is 0 Å². The number of carbonyl (C=O) groups excluding carboxylic acids is 1. The van der Waals surface area contributed by atoms with Crippen LogP contribution < -0.4 is 15.8 Å². The van der Waals surface area contributed by atoms with E-state index in [4.69, 9.17) is 27.2 Å². The van der Waals surface area contributed by atoms with Crippen molar-refractivity contribution >= 4 is 23.1 Å². The van der Waals surface area contributed by atoms with E-state index in [1.165, 1.54) is 0 Å². The Morgan fingerprint density at radius 3 is 2.90 bits per heavy atom. The van der Waals surface area contributed by atoms with Gasteiger partial charge in [0.1, 0.15) is 10.7 Å². The Labute approximate surface area is 126 Å². The molecule has 2 aromatic rings. The number of hydrogen-bond acceptors (Lipinski definition) is 6. The van der Waals surface area contributed by atoms with Gasteiger partial charge in [-0.1, -0.05) is 29.5 Å². The molecular weight excluding hydrogens is 292 g/mol. The van der Waals surface area contributed by atoms with Gasteiger partial charge < -0.3 is 20.3 Å². The summed E-state index contributed by atoms with van der Waals surface area (Å²) in [5.74, 6) is 1.01. The van der Waals surface area contributed by atoms with Crippen LogP contribution in [-0.4, -0.2) is 27.6 Å². The summed E-state index contributed by atoms with van der Waals surface area (Å²) in [6.07, 6.45) is 0. The molecular formula is C13H14N4O3S. The quantitative estimate of drug-likeness (QED) is 0.757. The molecule has 2 rings (SSSR count). The van der Waals surface area contributed by atoms with Gasteiger partial charge in [-0.25, -0.2) is 0 Å². The molecule has 0 aliphatic rings. The van der Waals surface area contributed by atoms with Gasteiger partial charge in [-0.15, -0.1) is 0 Å². The predicted octanol–water partition coefficient (Wildman–Crippen LogP) is 0.707. The van der Waals surface area contributed by atoms with Crippen molar-refractivity contribution in [2.75, 3.05) is 6.61 Å². The van der Waals surface area contributed by atoms with Gasteiger partial charge in [0.05, 0.1) is 12.1 Å². The Balaban J connectivity index is 1.85. The van der Waals surface area contributed by atoms with E-state index in [-0.39, 0.29) is 24.0 Å². The summed E-state index contributed by atoms with van der Waals surface area (Å²) in [5, 5.41) is 6.29. The summed E-state index contributed by atoms with van der Waals surface area (Å²) in [7, 11) is 0. The van der Waals surface area contributed by atoms with Crippen LogP contribution in [0, 0.1) is 6.92 Å². The molecule has 0 aliphatic heterocycles. The normalized spacial score (nSPS) is 10.1. The molecule has 0 spiro atoms. The molecule has 1 heterocycles. The van der Waals surface area contributed by atoms with Gasteiger partial charge in [0, 0.05) is 6.92 Å². The molecule has 1 amide bonds. The highest BCUT2D eigenvalue weighted by Gasteiger charge is 2.09. The number of nitrogens with zero attached hydrogens (tertiary/aromatic N) is 2. The Morgan fingerprint density at radius 2 is 2.24 bits per heavy atom. The number of nitrogens with two attached hydrogens (primary N) is 1. The lowest BCUT2D eigenvalue weighted by atomic mass is 10.2. The number of amides is 1. The fourth-order valence-corrected chi connectivity index (χ4v) is 1.75. The van der Waals surface area contributed by atoms with Gasteiger partial charge in [-0.3, -0.25) is 4.79 Å². The highest BCUT2D eigenvalue weighted by molar-refractivity contribution is 7.80. The molecule has 8 heteroatoms. The minimum atomic E-state index is -0.310. The van der Waals surface area contributed by atoms with Crippen molar-refractivity contribution in [3.8, 4) is 5.75 Å². The van der Waals surface area contributed by atoms with Crippen LogP contribution in [0.2, 0.25) is 0 Å². The minimum absolute atomic E-state index is 0.156. The number of thiocarbonyl (C=S) groups is 1. The smallest absolute Gasteiger partial charge is 0.258 e. The van der Waals surface area contributed by atoms with Crippen molar-refractivity contribution in [2.24, 2.45) is 5.73 Å². The van der Waals surface area contributed by atoms with Gasteiger partial charge >= 0.3 is 0 Å². The number of para-hydroxylation sites is 1. The van der Waals surface area contributed by atoms with Gasteiger partial charge in [0.25, 0.3) is 5.91 Å². The number of aromatic nitrogens is 2. The first-order valence-corrected chi connectivity index (χ1v) is 6.54. The highest BCUT2D eigenvalue weighted by Crippen LogP contribution is 2.17. The Morgan fingerprint density at radius 1 is 1.48 bits per heavy atom. The number of aryl methyl sites for hydroxylation is 1.